The highest BCUT2D eigenvalue weighted by atomic mass is 16.4. The molecule has 0 amide bonds. The summed E-state index contributed by atoms with van der Waals surface area (Å²) in [5.41, 5.74) is 0. The molecule has 0 rings (SSSR count). The van der Waals surface area contributed by atoms with E-state index in [1.54, 1.807) is 0 Å². The van der Waals surface area contributed by atoms with Crippen LogP contribution in [-0.2, 0) is 4.79 Å². The number of carboxylic acids is 1. The van der Waals surface area contributed by atoms with Crippen LogP contribution in [0.4, 0.5) is 0 Å². The molecular formula is C16H32O4. The highest BCUT2D eigenvalue weighted by Crippen LogP contribution is 2.18. The number of unbranched alkanes of at least 4 members (excludes halogenated alkanes) is 7. The quantitative estimate of drug-likeness (QED) is 0.404. The molecule has 0 aliphatic carbocycles. The van der Waals surface area contributed by atoms with Crippen molar-refractivity contribution in [2.75, 3.05) is 13.2 Å². The first-order valence-corrected chi connectivity index (χ1v) is 8.14. The molecule has 0 aromatic carbocycles. The fraction of sp³-hybridized carbons (Fsp3) is 0.938. The maximum Gasteiger partial charge on any atom is 0.303 e. The highest BCUT2D eigenvalue weighted by Gasteiger charge is 2.06. The molecule has 0 saturated carbocycles. The summed E-state index contributed by atoms with van der Waals surface area (Å²) in [6.45, 7) is 0.446. The molecule has 0 aromatic heterocycles. The molecule has 0 saturated heterocycles. The van der Waals surface area contributed by atoms with Crippen LogP contribution in [0.15, 0.2) is 0 Å². The van der Waals surface area contributed by atoms with Crippen molar-refractivity contribution in [1.82, 2.24) is 0 Å². The van der Waals surface area contributed by atoms with Crippen molar-refractivity contribution in [3.05, 3.63) is 0 Å². The van der Waals surface area contributed by atoms with Gasteiger partial charge in [0.15, 0.2) is 0 Å². The largest absolute Gasteiger partial charge is 0.481 e. The maximum atomic E-state index is 10.3. The van der Waals surface area contributed by atoms with Crippen LogP contribution < -0.4 is 0 Å². The van der Waals surface area contributed by atoms with Crippen molar-refractivity contribution in [1.29, 1.82) is 0 Å². The van der Waals surface area contributed by atoms with Gasteiger partial charge >= 0.3 is 5.97 Å². The molecule has 3 N–H and O–H groups in total. The maximum absolute atomic E-state index is 10.3. The Morgan fingerprint density at radius 1 is 0.700 bits per heavy atom. The third-order valence-corrected chi connectivity index (χ3v) is 3.83. The molecular weight excluding hydrogens is 256 g/mol. The Morgan fingerprint density at radius 3 is 1.60 bits per heavy atom. The van der Waals surface area contributed by atoms with Gasteiger partial charge in [-0.2, -0.15) is 0 Å². The molecule has 0 fully saturated rings. The highest BCUT2D eigenvalue weighted by molar-refractivity contribution is 5.66. The van der Waals surface area contributed by atoms with Gasteiger partial charge < -0.3 is 15.3 Å². The normalized spacial score (nSPS) is 11.2. The van der Waals surface area contributed by atoms with Gasteiger partial charge in [0.05, 0.1) is 0 Å². The molecule has 4 nitrogen and oxygen atoms in total. The van der Waals surface area contributed by atoms with Gasteiger partial charge in [-0.15, -0.1) is 0 Å². The number of aliphatic hydroxyl groups excluding tert-OH is 2. The van der Waals surface area contributed by atoms with E-state index >= 15 is 0 Å². The van der Waals surface area contributed by atoms with E-state index in [2.05, 4.69) is 0 Å². The Labute approximate surface area is 123 Å². The van der Waals surface area contributed by atoms with Crippen LogP contribution in [0.2, 0.25) is 0 Å². The van der Waals surface area contributed by atoms with Crippen molar-refractivity contribution in [3.8, 4) is 0 Å². The van der Waals surface area contributed by atoms with Gasteiger partial charge in [-0.05, 0) is 25.2 Å². The summed E-state index contributed by atoms with van der Waals surface area (Å²) in [5.74, 6) is -0.216. The zero-order valence-electron chi connectivity index (χ0n) is 12.7. The van der Waals surface area contributed by atoms with Gasteiger partial charge in [-0.3, -0.25) is 4.79 Å². The van der Waals surface area contributed by atoms with E-state index in [1.165, 1.54) is 32.1 Å². The van der Waals surface area contributed by atoms with Crippen LogP contribution in [0, 0.1) is 5.92 Å². The van der Waals surface area contributed by atoms with Crippen molar-refractivity contribution in [2.24, 2.45) is 5.92 Å². The summed E-state index contributed by atoms with van der Waals surface area (Å²) >= 11 is 0. The molecule has 4 heteroatoms. The van der Waals surface area contributed by atoms with Crippen LogP contribution in [0.3, 0.4) is 0 Å². The van der Waals surface area contributed by atoms with Crippen LogP contribution in [-0.4, -0.2) is 34.5 Å². The third-order valence-electron chi connectivity index (χ3n) is 3.83. The van der Waals surface area contributed by atoms with Gasteiger partial charge in [0, 0.05) is 19.6 Å². The molecule has 120 valence electrons. The van der Waals surface area contributed by atoms with E-state index in [9.17, 15) is 4.79 Å². The van der Waals surface area contributed by atoms with Crippen molar-refractivity contribution in [2.45, 2.75) is 77.0 Å². The SMILES string of the molecule is O=C(O)CCCCCCCCCCC(CCO)CCO. The number of hydrogen-bond donors (Lipinski definition) is 3. The standard InChI is InChI=1S/C16H32O4/c17-13-11-15(12-14-18)9-7-5-3-1-2-4-6-8-10-16(19)20/h15,17-18H,1-14H2,(H,19,20). The lowest BCUT2D eigenvalue weighted by Crippen LogP contribution is -2.05. The second-order valence-corrected chi connectivity index (χ2v) is 5.65. The zero-order chi connectivity index (χ0) is 15.1. The molecule has 0 spiro atoms. The van der Waals surface area contributed by atoms with Gasteiger partial charge in [0.1, 0.15) is 0 Å². The summed E-state index contributed by atoms with van der Waals surface area (Å²) in [4.78, 5) is 10.3. The molecule has 0 heterocycles. The smallest absolute Gasteiger partial charge is 0.303 e. The predicted molar refractivity (Wildman–Crippen MR) is 80.7 cm³/mol. The van der Waals surface area contributed by atoms with Crippen LogP contribution in [0.25, 0.3) is 0 Å². The number of carbonyl (C=O) groups is 1. The summed E-state index contributed by atoms with van der Waals surface area (Å²) < 4.78 is 0. The van der Waals surface area contributed by atoms with E-state index in [1.807, 2.05) is 0 Å². The predicted octanol–water partition coefficient (Wildman–Crippen LogP) is 3.35. The van der Waals surface area contributed by atoms with Crippen molar-refractivity contribution in [3.63, 3.8) is 0 Å². The fourth-order valence-corrected chi connectivity index (χ4v) is 2.57. The monoisotopic (exact) mass is 288 g/mol. The average Bonchev–Trinajstić information content (AvgIpc) is 2.41. The summed E-state index contributed by atoms with van der Waals surface area (Å²) in [7, 11) is 0. The Hall–Kier alpha value is -0.610. The van der Waals surface area contributed by atoms with Crippen LogP contribution >= 0.6 is 0 Å². The van der Waals surface area contributed by atoms with Crippen LogP contribution in [0.5, 0.6) is 0 Å². The first kappa shape index (κ1) is 19.4. The topological polar surface area (TPSA) is 77.8 Å². The first-order valence-electron chi connectivity index (χ1n) is 8.14. The second kappa shape index (κ2) is 14.8. The molecule has 0 radical (unpaired) electrons. The van der Waals surface area contributed by atoms with Gasteiger partial charge in [0.2, 0.25) is 0 Å². The summed E-state index contributed by atoms with van der Waals surface area (Å²) in [6.07, 6.45) is 12.1. The minimum Gasteiger partial charge on any atom is -0.481 e. The Kier molecular flexibility index (Phi) is 14.3. The minimum absolute atomic E-state index is 0.223. The first-order chi connectivity index (χ1) is 9.70. The molecule has 20 heavy (non-hydrogen) atoms. The summed E-state index contributed by atoms with van der Waals surface area (Å²) in [5, 5.41) is 26.3. The second-order valence-electron chi connectivity index (χ2n) is 5.65. The van der Waals surface area contributed by atoms with Crippen molar-refractivity contribution >= 4 is 5.97 Å². The minimum atomic E-state index is -0.690. The van der Waals surface area contributed by atoms with Gasteiger partial charge in [0.25, 0.3) is 0 Å². The fourth-order valence-electron chi connectivity index (χ4n) is 2.57. The molecule has 0 aromatic rings. The number of aliphatic hydroxyl groups is 2. The van der Waals surface area contributed by atoms with E-state index in [4.69, 9.17) is 15.3 Å². The van der Waals surface area contributed by atoms with E-state index in [0.29, 0.717) is 12.3 Å². The lowest BCUT2D eigenvalue weighted by atomic mass is 9.94. The number of hydrogen-bond acceptors (Lipinski definition) is 3. The van der Waals surface area contributed by atoms with E-state index in [0.717, 1.165) is 38.5 Å². The Balaban J connectivity index is 3.24. The molecule has 0 unspecified atom stereocenters. The van der Waals surface area contributed by atoms with E-state index in [-0.39, 0.29) is 13.2 Å². The lowest BCUT2D eigenvalue weighted by Gasteiger charge is -2.13. The van der Waals surface area contributed by atoms with Gasteiger partial charge in [-0.1, -0.05) is 51.4 Å². The lowest BCUT2D eigenvalue weighted by molar-refractivity contribution is -0.137. The van der Waals surface area contributed by atoms with Crippen molar-refractivity contribution < 1.29 is 20.1 Å². The average molecular weight is 288 g/mol. The zero-order valence-corrected chi connectivity index (χ0v) is 12.7. The molecule has 0 bridgehead atoms. The van der Waals surface area contributed by atoms with Crippen LogP contribution in [0.1, 0.15) is 77.0 Å². The Morgan fingerprint density at radius 2 is 1.15 bits per heavy atom. The third kappa shape index (κ3) is 13.8. The molecule has 0 aliphatic heterocycles. The summed E-state index contributed by atoms with van der Waals surface area (Å²) in [6, 6.07) is 0. The van der Waals surface area contributed by atoms with Gasteiger partial charge in [-0.25, -0.2) is 0 Å². The Bertz CT molecular complexity index is 213. The van der Waals surface area contributed by atoms with E-state index < -0.39 is 5.97 Å². The molecule has 0 aliphatic rings. The number of aliphatic carboxylic acids is 1. The number of carboxylic acid groups (broad SMARTS) is 1. The number of rotatable bonds is 15. The molecule has 0 atom stereocenters.